The zero-order valence-electron chi connectivity index (χ0n) is 11.3. The van der Waals surface area contributed by atoms with Crippen molar-refractivity contribution in [2.24, 2.45) is 0 Å². The highest BCUT2D eigenvalue weighted by Crippen LogP contribution is 2.25. The lowest BCUT2D eigenvalue weighted by molar-refractivity contribution is 0.329. The third-order valence-electron chi connectivity index (χ3n) is 3.86. The summed E-state index contributed by atoms with van der Waals surface area (Å²) in [5.41, 5.74) is 1.30. The van der Waals surface area contributed by atoms with Gasteiger partial charge < -0.3 is 14.9 Å². The van der Waals surface area contributed by atoms with E-state index in [1.165, 1.54) is 25.0 Å². The molecule has 19 heavy (non-hydrogen) atoms. The number of aryl methyl sites for hydroxylation is 2. The zero-order chi connectivity index (χ0) is 13.1. The maximum atomic E-state index is 4.31. The Balaban J connectivity index is 1.67. The summed E-state index contributed by atoms with van der Waals surface area (Å²) in [5.74, 6) is 1.03. The van der Waals surface area contributed by atoms with Gasteiger partial charge in [-0.25, -0.2) is 9.97 Å². The number of aromatic amines is 1. The van der Waals surface area contributed by atoms with Crippen molar-refractivity contribution < 1.29 is 0 Å². The van der Waals surface area contributed by atoms with E-state index in [1.54, 1.807) is 6.20 Å². The Bertz CT molecular complexity index is 502. The molecule has 0 saturated carbocycles. The molecule has 1 fully saturated rings. The standard InChI is InChI=1S/C14H21N5/c1-11-3-2-4-12(18-11)13-9-15-10-19(13)8-5-14-16-6-7-17-14/h6-7,9-12,18H,2-5,8H2,1H3,(H,16,17). The van der Waals surface area contributed by atoms with Gasteiger partial charge in [-0.2, -0.15) is 0 Å². The molecule has 2 N–H and O–H groups in total. The van der Waals surface area contributed by atoms with Crippen LogP contribution in [-0.2, 0) is 13.0 Å². The first-order chi connectivity index (χ1) is 9.33. The summed E-state index contributed by atoms with van der Waals surface area (Å²) in [7, 11) is 0. The van der Waals surface area contributed by atoms with Crippen LogP contribution in [0.1, 0.15) is 43.7 Å². The summed E-state index contributed by atoms with van der Waals surface area (Å²) in [5, 5.41) is 3.67. The molecule has 2 unspecified atom stereocenters. The number of piperidine rings is 1. The molecule has 0 radical (unpaired) electrons. The van der Waals surface area contributed by atoms with E-state index in [1.807, 2.05) is 18.7 Å². The van der Waals surface area contributed by atoms with Crippen molar-refractivity contribution in [2.45, 2.75) is 51.2 Å². The van der Waals surface area contributed by atoms with Gasteiger partial charge in [0.25, 0.3) is 0 Å². The van der Waals surface area contributed by atoms with Crippen molar-refractivity contribution >= 4 is 0 Å². The number of rotatable bonds is 4. The lowest BCUT2D eigenvalue weighted by atomic mass is 9.97. The minimum Gasteiger partial charge on any atom is -0.349 e. The van der Waals surface area contributed by atoms with Crippen LogP contribution in [0, 0.1) is 0 Å². The highest BCUT2D eigenvalue weighted by molar-refractivity contribution is 5.07. The first kappa shape index (κ1) is 12.4. The lowest BCUT2D eigenvalue weighted by Gasteiger charge is -2.29. The number of H-pyrrole nitrogens is 1. The molecule has 2 aromatic heterocycles. The predicted octanol–water partition coefficient (Wildman–Crippen LogP) is 2.05. The van der Waals surface area contributed by atoms with Crippen LogP contribution in [0.3, 0.4) is 0 Å². The van der Waals surface area contributed by atoms with Gasteiger partial charge in [-0.1, -0.05) is 0 Å². The molecule has 2 atom stereocenters. The van der Waals surface area contributed by atoms with E-state index < -0.39 is 0 Å². The average Bonchev–Trinajstić information content (AvgIpc) is 3.08. The predicted molar refractivity (Wildman–Crippen MR) is 73.7 cm³/mol. The van der Waals surface area contributed by atoms with Gasteiger partial charge in [0.1, 0.15) is 5.82 Å². The maximum absolute atomic E-state index is 4.31. The number of hydrogen-bond donors (Lipinski definition) is 2. The molecule has 3 rings (SSSR count). The van der Waals surface area contributed by atoms with Crippen molar-refractivity contribution in [1.82, 2.24) is 24.8 Å². The van der Waals surface area contributed by atoms with E-state index in [2.05, 4.69) is 31.8 Å². The molecule has 5 heteroatoms. The number of imidazole rings is 2. The topological polar surface area (TPSA) is 58.5 Å². The van der Waals surface area contributed by atoms with Gasteiger partial charge in [0.2, 0.25) is 0 Å². The fourth-order valence-corrected chi connectivity index (χ4v) is 2.84. The molecule has 0 aromatic carbocycles. The Morgan fingerprint density at radius 1 is 1.42 bits per heavy atom. The van der Waals surface area contributed by atoms with E-state index >= 15 is 0 Å². The summed E-state index contributed by atoms with van der Waals surface area (Å²) in [6.45, 7) is 3.19. The summed E-state index contributed by atoms with van der Waals surface area (Å²) in [6.07, 6.45) is 12.3. The molecule has 3 heterocycles. The van der Waals surface area contributed by atoms with Crippen LogP contribution in [0.15, 0.2) is 24.9 Å². The monoisotopic (exact) mass is 259 g/mol. The van der Waals surface area contributed by atoms with Gasteiger partial charge in [-0.15, -0.1) is 0 Å². The molecule has 102 valence electrons. The summed E-state index contributed by atoms with van der Waals surface area (Å²) >= 11 is 0. The molecule has 1 aliphatic rings. The number of hydrogen-bond acceptors (Lipinski definition) is 3. The van der Waals surface area contributed by atoms with Crippen molar-refractivity contribution in [2.75, 3.05) is 0 Å². The van der Waals surface area contributed by atoms with Crippen LogP contribution >= 0.6 is 0 Å². The third kappa shape index (κ3) is 2.87. The molecule has 2 aromatic rings. The molecule has 0 bridgehead atoms. The molecular weight excluding hydrogens is 238 g/mol. The van der Waals surface area contributed by atoms with Gasteiger partial charge in [-0.05, 0) is 26.2 Å². The Hall–Kier alpha value is -1.62. The van der Waals surface area contributed by atoms with Crippen LogP contribution in [0.5, 0.6) is 0 Å². The average molecular weight is 259 g/mol. The Labute approximate surface area is 113 Å². The first-order valence-electron chi connectivity index (χ1n) is 7.07. The quantitative estimate of drug-likeness (QED) is 0.883. The Kier molecular flexibility index (Phi) is 3.64. The normalized spacial score (nSPS) is 23.6. The van der Waals surface area contributed by atoms with Crippen LogP contribution in [0.25, 0.3) is 0 Å². The molecule has 0 spiro atoms. The zero-order valence-corrected chi connectivity index (χ0v) is 11.3. The Morgan fingerprint density at radius 3 is 3.16 bits per heavy atom. The second-order valence-electron chi connectivity index (χ2n) is 5.35. The second-order valence-corrected chi connectivity index (χ2v) is 5.35. The van der Waals surface area contributed by atoms with Crippen molar-refractivity contribution in [3.63, 3.8) is 0 Å². The van der Waals surface area contributed by atoms with E-state index in [-0.39, 0.29) is 0 Å². The van der Waals surface area contributed by atoms with Crippen molar-refractivity contribution in [1.29, 1.82) is 0 Å². The summed E-state index contributed by atoms with van der Waals surface area (Å²) in [4.78, 5) is 11.7. The highest BCUT2D eigenvalue weighted by Gasteiger charge is 2.21. The van der Waals surface area contributed by atoms with E-state index in [4.69, 9.17) is 0 Å². The first-order valence-corrected chi connectivity index (χ1v) is 7.07. The van der Waals surface area contributed by atoms with Crippen molar-refractivity contribution in [3.8, 4) is 0 Å². The fourth-order valence-electron chi connectivity index (χ4n) is 2.84. The Morgan fingerprint density at radius 2 is 2.37 bits per heavy atom. The molecule has 1 saturated heterocycles. The van der Waals surface area contributed by atoms with E-state index in [0.717, 1.165) is 18.8 Å². The SMILES string of the molecule is CC1CCCC(c2cncn2CCc2ncc[nH]2)N1. The third-order valence-corrected chi connectivity index (χ3v) is 3.86. The van der Waals surface area contributed by atoms with Crippen LogP contribution in [0.4, 0.5) is 0 Å². The van der Waals surface area contributed by atoms with Gasteiger partial charge >= 0.3 is 0 Å². The second kappa shape index (κ2) is 5.57. The molecular formula is C14H21N5. The molecule has 1 aliphatic heterocycles. The van der Waals surface area contributed by atoms with E-state index in [0.29, 0.717) is 12.1 Å². The van der Waals surface area contributed by atoms with Gasteiger partial charge in [0, 0.05) is 43.6 Å². The van der Waals surface area contributed by atoms with Crippen LogP contribution in [0.2, 0.25) is 0 Å². The molecule has 0 aliphatic carbocycles. The van der Waals surface area contributed by atoms with E-state index in [9.17, 15) is 0 Å². The smallest absolute Gasteiger partial charge is 0.107 e. The minimum atomic E-state index is 0.447. The molecule has 0 amide bonds. The van der Waals surface area contributed by atoms with Gasteiger partial charge in [0.05, 0.1) is 12.0 Å². The van der Waals surface area contributed by atoms with Crippen LogP contribution in [-0.4, -0.2) is 25.6 Å². The van der Waals surface area contributed by atoms with Gasteiger partial charge in [0.15, 0.2) is 0 Å². The summed E-state index contributed by atoms with van der Waals surface area (Å²) in [6, 6.07) is 1.05. The minimum absolute atomic E-state index is 0.447. The highest BCUT2D eigenvalue weighted by atomic mass is 15.1. The largest absolute Gasteiger partial charge is 0.349 e. The summed E-state index contributed by atoms with van der Waals surface area (Å²) < 4.78 is 2.25. The van der Waals surface area contributed by atoms with Crippen molar-refractivity contribution in [3.05, 3.63) is 36.4 Å². The van der Waals surface area contributed by atoms with Gasteiger partial charge in [-0.3, -0.25) is 0 Å². The fraction of sp³-hybridized carbons (Fsp3) is 0.571. The number of nitrogens with one attached hydrogen (secondary N) is 2. The lowest BCUT2D eigenvalue weighted by Crippen LogP contribution is -2.35. The van der Waals surface area contributed by atoms with Crippen LogP contribution < -0.4 is 5.32 Å². The number of aromatic nitrogens is 4. The number of nitrogens with zero attached hydrogens (tertiary/aromatic N) is 3. The maximum Gasteiger partial charge on any atom is 0.107 e. The molecule has 5 nitrogen and oxygen atoms in total.